The van der Waals surface area contributed by atoms with Crippen LogP contribution >= 0.6 is 0 Å². The average Bonchev–Trinajstić information content (AvgIpc) is 2.25. The smallest absolute Gasteiger partial charge is 0.153 e. The van der Waals surface area contributed by atoms with Crippen LogP contribution in [0, 0.1) is 11.3 Å². The van der Waals surface area contributed by atoms with E-state index in [1.807, 2.05) is 6.07 Å². The topological polar surface area (TPSA) is 50.1 Å². The Hall–Kier alpha value is -2.08. The predicted octanol–water partition coefficient (Wildman–Crippen LogP) is 2.04. The first kappa shape index (κ1) is 10.0. The van der Waals surface area contributed by atoms with E-state index >= 15 is 0 Å². The fourth-order valence-corrected chi connectivity index (χ4v) is 1.06. The zero-order valence-corrected chi connectivity index (χ0v) is 7.73. The Bertz CT molecular complexity index is 402. The first-order chi connectivity index (χ1) is 6.81. The maximum Gasteiger partial charge on any atom is 0.153 e. The Morgan fingerprint density at radius 3 is 2.86 bits per heavy atom. The maximum absolute atomic E-state index is 10.6. The third-order valence-corrected chi connectivity index (χ3v) is 1.73. The standard InChI is InChI=1S/C11H9NO2/c1-14-11-7-9(3-2-6-12)4-5-10(11)8-13/h2-5,7-8H,1H3. The molecule has 0 aliphatic heterocycles. The minimum Gasteiger partial charge on any atom is -0.496 e. The van der Waals surface area contributed by atoms with Crippen LogP contribution in [0.1, 0.15) is 15.9 Å². The molecule has 0 aromatic heterocycles. The zero-order chi connectivity index (χ0) is 10.4. The Morgan fingerprint density at radius 1 is 1.50 bits per heavy atom. The third-order valence-electron chi connectivity index (χ3n) is 1.73. The molecule has 3 nitrogen and oxygen atoms in total. The summed E-state index contributed by atoms with van der Waals surface area (Å²) < 4.78 is 5.01. The molecule has 0 saturated heterocycles. The number of rotatable bonds is 3. The highest BCUT2D eigenvalue weighted by Crippen LogP contribution is 2.19. The minimum atomic E-state index is 0.501. The van der Waals surface area contributed by atoms with Crippen LogP contribution in [0.4, 0.5) is 0 Å². The lowest BCUT2D eigenvalue weighted by Crippen LogP contribution is -1.90. The molecule has 0 radical (unpaired) electrons. The molecule has 14 heavy (non-hydrogen) atoms. The fraction of sp³-hybridized carbons (Fsp3) is 0.0909. The van der Waals surface area contributed by atoms with Crippen LogP contribution < -0.4 is 4.74 Å². The van der Waals surface area contributed by atoms with Gasteiger partial charge in [0.15, 0.2) is 6.29 Å². The second-order valence-electron chi connectivity index (χ2n) is 2.58. The number of carbonyl (C=O) groups excluding carboxylic acids is 1. The van der Waals surface area contributed by atoms with Crippen molar-refractivity contribution in [2.45, 2.75) is 0 Å². The van der Waals surface area contributed by atoms with Crippen LogP contribution in [-0.2, 0) is 0 Å². The van der Waals surface area contributed by atoms with E-state index in [-0.39, 0.29) is 0 Å². The molecule has 0 unspecified atom stereocenters. The van der Waals surface area contributed by atoms with E-state index < -0.39 is 0 Å². The maximum atomic E-state index is 10.6. The lowest BCUT2D eigenvalue weighted by atomic mass is 10.1. The van der Waals surface area contributed by atoms with E-state index in [1.165, 1.54) is 13.2 Å². The second kappa shape index (κ2) is 4.83. The molecule has 70 valence electrons. The van der Waals surface area contributed by atoms with Gasteiger partial charge in [-0.15, -0.1) is 0 Å². The van der Waals surface area contributed by atoms with Gasteiger partial charge < -0.3 is 4.74 Å². The molecule has 0 saturated carbocycles. The van der Waals surface area contributed by atoms with Gasteiger partial charge in [-0.1, -0.05) is 6.07 Å². The highest BCUT2D eigenvalue weighted by atomic mass is 16.5. The lowest BCUT2D eigenvalue weighted by molar-refractivity contribution is 0.112. The summed E-state index contributed by atoms with van der Waals surface area (Å²) in [6.07, 6.45) is 3.75. The van der Waals surface area contributed by atoms with E-state index in [1.54, 1.807) is 24.3 Å². The number of aldehydes is 1. The van der Waals surface area contributed by atoms with E-state index in [0.29, 0.717) is 11.3 Å². The molecule has 0 aliphatic carbocycles. The number of allylic oxidation sites excluding steroid dienone is 1. The highest BCUT2D eigenvalue weighted by molar-refractivity contribution is 5.80. The summed E-state index contributed by atoms with van der Waals surface area (Å²) in [5.41, 5.74) is 1.33. The fourth-order valence-electron chi connectivity index (χ4n) is 1.06. The summed E-state index contributed by atoms with van der Waals surface area (Å²) in [5.74, 6) is 0.514. The van der Waals surface area contributed by atoms with Crippen molar-refractivity contribution in [3.8, 4) is 11.8 Å². The van der Waals surface area contributed by atoms with Crippen molar-refractivity contribution in [1.29, 1.82) is 5.26 Å². The van der Waals surface area contributed by atoms with Crippen molar-refractivity contribution in [2.24, 2.45) is 0 Å². The van der Waals surface area contributed by atoms with Gasteiger partial charge in [0.25, 0.3) is 0 Å². The van der Waals surface area contributed by atoms with Crippen molar-refractivity contribution >= 4 is 12.4 Å². The predicted molar refractivity (Wildman–Crippen MR) is 53.0 cm³/mol. The van der Waals surface area contributed by atoms with Crippen LogP contribution in [0.3, 0.4) is 0 Å². The Balaban J connectivity index is 3.08. The Morgan fingerprint density at radius 2 is 2.29 bits per heavy atom. The number of nitriles is 1. The first-order valence-corrected chi connectivity index (χ1v) is 4.01. The Kier molecular flexibility index (Phi) is 3.45. The van der Waals surface area contributed by atoms with Gasteiger partial charge in [0.2, 0.25) is 0 Å². The Labute approximate surface area is 82.2 Å². The molecule has 0 aliphatic rings. The van der Waals surface area contributed by atoms with Gasteiger partial charge in [0, 0.05) is 6.08 Å². The molecule has 3 heteroatoms. The van der Waals surface area contributed by atoms with Crippen LogP contribution in [0.5, 0.6) is 5.75 Å². The highest BCUT2D eigenvalue weighted by Gasteiger charge is 2.00. The first-order valence-electron chi connectivity index (χ1n) is 4.01. The molecule has 0 spiro atoms. The molecule has 0 N–H and O–H groups in total. The molecular weight excluding hydrogens is 178 g/mol. The quantitative estimate of drug-likeness (QED) is 0.537. The summed E-state index contributed by atoms with van der Waals surface area (Å²) in [6, 6.07) is 7.00. The molecule has 1 aromatic carbocycles. The summed E-state index contributed by atoms with van der Waals surface area (Å²) in [4.78, 5) is 10.6. The van der Waals surface area contributed by atoms with E-state index in [0.717, 1.165) is 11.8 Å². The van der Waals surface area contributed by atoms with Crippen LogP contribution in [0.15, 0.2) is 24.3 Å². The number of carbonyl (C=O) groups is 1. The lowest BCUT2D eigenvalue weighted by Gasteiger charge is -2.03. The average molecular weight is 187 g/mol. The van der Waals surface area contributed by atoms with Crippen molar-refractivity contribution in [3.05, 3.63) is 35.4 Å². The van der Waals surface area contributed by atoms with E-state index in [2.05, 4.69) is 0 Å². The summed E-state index contributed by atoms with van der Waals surface area (Å²) in [7, 11) is 1.50. The summed E-state index contributed by atoms with van der Waals surface area (Å²) in [5, 5.41) is 8.33. The van der Waals surface area contributed by atoms with Crippen molar-refractivity contribution in [3.63, 3.8) is 0 Å². The number of methoxy groups -OCH3 is 1. The molecule has 0 atom stereocenters. The number of benzene rings is 1. The second-order valence-corrected chi connectivity index (χ2v) is 2.58. The molecular formula is C11H9NO2. The van der Waals surface area contributed by atoms with Gasteiger partial charge in [-0.05, 0) is 23.8 Å². The SMILES string of the molecule is COc1cc(C=CC#N)ccc1C=O. The number of hydrogen-bond acceptors (Lipinski definition) is 3. The monoisotopic (exact) mass is 187 g/mol. The van der Waals surface area contributed by atoms with Gasteiger partial charge in [0.1, 0.15) is 5.75 Å². The van der Waals surface area contributed by atoms with Crippen LogP contribution in [-0.4, -0.2) is 13.4 Å². The van der Waals surface area contributed by atoms with Crippen LogP contribution in [0.2, 0.25) is 0 Å². The van der Waals surface area contributed by atoms with Gasteiger partial charge in [-0.3, -0.25) is 4.79 Å². The number of nitrogens with zero attached hydrogens (tertiary/aromatic N) is 1. The summed E-state index contributed by atoms with van der Waals surface area (Å²) in [6.45, 7) is 0. The largest absolute Gasteiger partial charge is 0.496 e. The van der Waals surface area contributed by atoms with E-state index in [9.17, 15) is 4.79 Å². The van der Waals surface area contributed by atoms with E-state index in [4.69, 9.17) is 10.00 Å². The van der Waals surface area contributed by atoms with Crippen molar-refractivity contribution < 1.29 is 9.53 Å². The van der Waals surface area contributed by atoms with Crippen molar-refractivity contribution in [1.82, 2.24) is 0 Å². The van der Waals surface area contributed by atoms with Crippen molar-refractivity contribution in [2.75, 3.05) is 7.11 Å². The van der Waals surface area contributed by atoms with Gasteiger partial charge in [-0.2, -0.15) is 5.26 Å². The molecule has 0 bridgehead atoms. The summed E-state index contributed by atoms with van der Waals surface area (Å²) >= 11 is 0. The van der Waals surface area contributed by atoms with Gasteiger partial charge in [0.05, 0.1) is 18.7 Å². The van der Waals surface area contributed by atoms with Crippen LogP contribution in [0.25, 0.3) is 6.08 Å². The number of ether oxygens (including phenoxy) is 1. The third kappa shape index (κ3) is 2.20. The minimum absolute atomic E-state index is 0.501. The normalized spacial score (nSPS) is 9.71. The molecule has 1 aromatic rings. The molecule has 0 amide bonds. The number of hydrogen-bond donors (Lipinski definition) is 0. The molecule has 0 fully saturated rings. The zero-order valence-electron chi connectivity index (χ0n) is 7.73. The van der Waals surface area contributed by atoms with Gasteiger partial charge >= 0.3 is 0 Å². The van der Waals surface area contributed by atoms with Gasteiger partial charge in [-0.25, -0.2) is 0 Å². The molecule has 0 heterocycles. The molecule has 1 rings (SSSR count).